The van der Waals surface area contributed by atoms with Crippen molar-refractivity contribution < 1.29 is 4.74 Å². The standard InChI is InChI=1S/C9H22N2O/c1-10(2)6-5-8-12-9-7-11(3)4/h5-9H2,1-4H3. The molecule has 3 nitrogen and oxygen atoms in total. The molecule has 0 saturated carbocycles. The van der Waals surface area contributed by atoms with Crippen molar-refractivity contribution in [2.24, 2.45) is 0 Å². The molecule has 0 aromatic rings. The van der Waals surface area contributed by atoms with Crippen molar-refractivity contribution in [3.8, 4) is 0 Å². The highest BCUT2D eigenvalue weighted by atomic mass is 16.5. The molecule has 0 unspecified atom stereocenters. The summed E-state index contributed by atoms with van der Waals surface area (Å²) in [5, 5.41) is 0. The molecule has 0 radical (unpaired) electrons. The van der Waals surface area contributed by atoms with E-state index in [1.807, 2.05) is 0 Å². The minimum absolute atomic E-state index is 0.848. The summed E-state index contributed by atoms with van der Waals surface area (Å²) < 4.78 is 5.43. The molecule has 0 rings (SSSR count). The first-order valence-electron chi connectivity index (χ1n) is 4.50. The highest BCUT2D eigenvalue weighted by molar-refractivity contribution is 4.44. The second-order valence-electron chi connectivity index (χ2n) is 3.57. The summed E-state index contributed by atoms with van der Waals surface area (Å²) in [6, 6.07) is 0. The predicted molar refractivity (Wildman–Crippen MR) is 52.5 cm³/mol. The molecule has 0 aromatic carbocycles. The van der Waals surface area contributed by atoms with Crippen molar-refractivity contribution in [2.45, 2.75) is 6.42 Å². The fourth-order valence-electron chi connectivity index (χ4n) is 0.832. The van der Waals surface area contributed by atoms with E-state index in [9.17, 15) is 0 Å². The van der Waals surface area contributed by atoms with Gasteiger partial charge in [-0.2, -0.15) is 0 Å². The lowest BCUT2D eigenvalue weighted by atomic mass is 10.4. The van der Waals surface area contributed by atoms with Gasteiger partial charge in [0.1, 0.15) is 0 Å². The van der Waals surface area contributed by atoms with Gasteiger partial charge in [0.15, 0.2) is 0 Å². The second kappa shape index (κ2) is 7.53. The summed E-state index contributed by atoms with van der Waals surface area (Å²) in [4.78, 5) is 4.31. The molecule has 0 aliphatic carbocycles. The molecule has 0 spiro atoms. The maximum Gasteiger partial charge on any atom is 0.0593 e. The molecule has 0 aromatic heterocycles. The van der Waals surface area contributed by atoms with Crippen LogP contribution in [0.15, 0.2) is 0 Å². The number of ether oxygens (including phenoxy) is 1. The third kappa shape index (κ3) is 9.88. The smallest absolute Gasteiger partial charge is 0.0593 e. The highest BCUT2D eigenvalue weighted by Gasteiger charge is 1.92. The van der Waals surface area contributed by atoms with Crippen LogP contribution in [0, 0.1) is 0 Å². The molecular weight excluding hydrogens is 152 g/mol. The molecule has 0 atom stereocenters. The van der Waals surface area contributed by atoms with Crippen LogP contribution in [0.1, 0.15) is 6.42 Å². The van der Waals surface area contributed by atoms with Gasteiger partial charge in [0, 0.05) is 13.2 Å². The van der Waals surface area contributed by atoms with E-state index in [0.29, 0.717) is 0 Å². The Morgan fingerprint density at radius 3 is 1.92 bits per heavy atom. The van der Waals surface area contributed by atoms with Gasteiger partial charge in [-0.3, -0.25) is 0 Å². The fourth-order valence-corrected chi connectivity index (χ4v) is 0.832. The van der Waals surface area contributed by atoms with E-state index in [1.54, 1.807) is 0 Å². The quantitative estimate of drug-likeness (QED) is 0.523. The summed E-state index contributed by atoms with van der Waals surface area (Å²) in [6.45, 7) is 3.86. The van der Waals surface area contributed by atoms with Crippen LogP contribution in [-0.4, -0.2) is 64.3 Å². The average molecular weight is 174 g/mol. The SMILES string of the molecule is CN(C)CCCOCCN(C)C. The van der Waals surface area contributed by atoms with E-state index in [2.05, 4.69) is 38.0 Å². The Bertz CT molecular complexity index is 82.5. The Hall–Kier alpha value is -0.120. The first-order valence-corrected chi connectivity index (χ1v) is 4.50. The predicted octanol–water partition coefficient (Wildman–Crippen LogP) is 0.516. The first kappa shape index (κ1) is 11.9. The largest absolute Gasteiger partial charge is 0.380 e. The molecule has 0 aliphatic rings. The van der Waals surface area contributed by atoms with Crippen molar-refractivity contribution in [1.82, 2.24) is 9.80 Å². The molecule has 0 bridgehead atoms. The van der Waals surface area contributed by atoms with E-state index in [1.165, 1.54) is 0 Å². The Balaban J connectivity index is 2.91. The summed E-state index contributed by atoms with van der Waals surface area (Å²) in [5.74, 6) is 0. The Labute approximate surface area is 76.3 Å². The first-order chi connectivity index (χ1) is 5.63. The van der Waals surface area contributed by atoms with Crippen LogP contribution in [0.3, 0.4) is 0 Å². The zero-order valence-electron chi connectivity index (χ0n) is 8.84. The summed E-state index contributed by atoms with van der Waals surface area (Å²) in [5.41, 5.74) is 0. The highest BCUT2D eigenvalue weighted by Crippen LogP contribution is 1.85. The zero-order valence-corrected chi connectivity index (χ0v) is 8.84. The van der Waals surface area contributed by atoms with Crippen molar-refractivity contribution in [2.75, 3.05) is 54.5 Å². The Morgan fingerprint density at radius 1 is 0.833 bits per heavy atom. The van der Waals surface area contributed by atoms with Crippen molar-refractivity contribution in [3.05, 3.63) is 0 Å². The van der Waals surface area contributed by atoms with Crippen LogP contribution in [0.25, 0.3) is 0 Å². The van der Waals surface area contributed by atoms with Crippen LogP contribution < -0.4 is 0 Å². The summed E-state index contributed by atoms with van der Waals surface area (Å²) >= 11 is 0. The molecule has 3 heteroatoms. The minimum atomic E-state index is 0.848. The van der Waals surface area contributed by atoms with Gasteiger partial charge in [-0.1, -0.05) is 0 Å². The van der Waals surface area contributed by atoms with E-state index < -0.39 is 0 Å². The van der Waals surface area contributed by atoms with Gasteiger partial charge in [0.25, 0.3) is 0 Å². The summed E-state index contributed by atoms with van der Waals surface area (Å²) in [6.07, 6.45) is 1.13. The van der Waals surface area contributed by atoms with Gasteiger partial charge < -0.3 is 14.5 Å². The molecule has 0 N–H and O–H groups in total. The molecule has 0 heterocycles. The molecule has 74 valence electrons. The number of likely N-dealkylation sites (N-methyl/N-ethyl adjacent to an activating group) is 1. The van der Waals surface area contributed by atoms with Gasteiger partial charge in [-0.05, 0) is 41.2 Å². The van der Waals surface area contributed by atoms with Gasteiger partial charge in [0.05, 0.1) is 6.61 Å². The van der Waals surface area contributed by atoms with Crippen LogP contribution in [0.5, 0.6) is 0 Å². The van der Waals surface area contributed by atoms with Crippen LogP contribution >= 0.6 is 0 Å². The molecule has 0 saturated heterocycles. The molecule has 0 amide bonds. The molecule has 0 fully saturated rings. The lowest BCUT2D eigenvalue weighted by Gasteiger charge is -2.11. The molecule has 12 heavy (non-hydrogen) atoms. The van der Waals surface area contributed by atoms with E-state index >= 15 is 0 Å². The molecule has 0 aliphatic heterocycles. The molecular formula is C9H22N2O. The fraction of sp³-hybridized carbons (Fsp3) is 1.00. The van der Waals surface area contributed by atoms with Crippen LogP contribution in [-0.2, 0) is 4.74 Å². The maximum absolute atomic E-state index is 5.43. The number of hydrogen-bond donors (Lipinski definition) is 0. The lowest BCUT2D eigenvalue weighted by molar-refractivity contribution is 0.111. The van der Waals surface area contributed by atoms with Gasteiger partial charge in [0.2, 0.25) is 0 Å². The van der Waals surface area contributed by atoms with E-state index in [4.69, 9.17) is 4.74 Å². The van der Waals surface area contributed by atoms with Crippen molar-refractivity contribution in [1.29, 1.82) is 0 Å². The van der Waals surface area contributed by atoms with Crippen LogP contribution in [0.4, 0.5) is 0 Å². The van der Waals surface area contributed by atoms with Crippen molar-refractivity contribution >= 4 is 0 Å². The zero-order chi connectivity index (χ0) is 9.40. The monoisotopic (exact) mass is 174 g/mol. The average Bonchev–Trinajstić information content (AvgIpc) is 1.95. The number of hydrogen-bond acceptors (Lipinski definition) is 3. The van der Waals surface area contributed by atoms with Gasteiger partial charge in [-0.15, -0.1) is 0 Å². The third-order valence-corrected chi connectivity index (χ3v) is 1.58. The van der Waals surface area contributed by atoms with E-state index in [-0.39, 0.29) is 0 Å². The Morgan fingerprint density at radius 2 is 1.42 bits per heavy atom. The minimum Gasteiger partial charge on any atom is -0.380 e. The summed E-state index contributed by atoms with van der Waals surface area (Å²) in [7, 11) is 8.28. The van der Waals surface area contributed by atoms with Crippen LogP contribution in [0.2, 0.25) is 0 Å². The normalized spacial score (nSPS) is 11.5. The lowest BCUT2D eigenvalue weighted by Crippen LogP contribution is -2.19. The number of rotatable bonds is 7. The van der Waals surface area contributed by atoms with Gasteiger partial charge >= 0.3 is 0 Å². The van der Waals surface area contributed by atoms with Crippen molar-refractivity contribution in [3.63, 3.8) is 0 Å². The topological polar surface area (TPSA) is 15.7 Å². The Kier molecular flexibility index (Phi) is 7.45. The van der Waals surface area contributed by atoms with Gasteiger partial charge in [-0.25, -0.2) is 0 Å². The number of nitrogens with zero attached hydrogens (tertiary/aromatic N) is 2. The maximum atomic E-state index is 5.43. The third-order valence-electron chi connectivity index (χ3n) is 1.58. The second-order valence-corrected chi connectivity index (χ2v) is 3.57. The van der Waals surface area contributed by atoms with E-state index in [0.717, 1.165) is 32.7 Å².